The predicted octanol–water partition coefficient (Wildman–Crippen LogP) is 1.01. The smallest absolute Gasteiger partial charge is 0.253 e. The number of likely N-dealkylation sites (tertiary alicyclic amines) is 2. The quantitative estimate of drug-likeness (QED) is 0.869. The van der Waals surface area contributed by atoms with Crippen LogP contribution in [0.2, 0.25) is 0 Å². The molecule has 4 rings (SSSR count). The van der Waals surface area contributed by atoms with Crippen LogP contribution in [0.25, 0.3) is 0 Å². The van der Waals surface area contributed by atoms with Crippen molar-refractivity contribution in [2.24, 2.45) is 5.92 Å². The number of pyridine rings is 1. The highest BCUT2D eigenvalue weighted by atomic mass is 16.3. The molecule has 1 N–H and O–H groups in total. The molecule has 2 fully saturated rings. The first kappa shape index (κ1) is 18.0. The summed E-state index contributed by atoms with van der Waals surface area (Å²) in [6.07, 6.45) is 10.8. The molecule has 7 nitrogen and oxygen atoms in total. The van der Waals surface area contributed by atoms with Crippen LogP contribution in [0.5, 0.6) is 0 Å². The summed E-state index contributed by atoms with van der Waals surface area (Å²) in [5.74, 6) is 0.274. The topological polar surface area (TPSA) is 82.5 Å². The Kier molecular flexibility index (Phi) is 5.40. The maximum absolute atomic E-state index is 12.6. The van der Waals surface area contributed by atoms with E-state index in [0.29, 0.717) is 18.2 Å². The number of nitrogens with zero attached hydrogens (tertiary/aromatic N) is 5. The van der Waals surface area contributed by atoms with Gasteiger partial charge in [-0.3, -0.25) is 24.6 Å². The van der Waals surface area contributed by atoms with Gasteiger partial charge in [0, 0.05) is 74.7 Å². The Morgan fingerprint density at radius 3 is 2.56 bits per heavy atom. The maximum atomic E-state index is 12.6. The third-order valence-electron chi connectivity index (χ3n) is 5.72. The Bertz CT molecular complexity index is 749. The zero-order chi connectivity index (χ0) is 18.6. The van der Waals surface area contributed by atoms with Crippen molar-refractivity contribution in [2.45, 2.75) is 31.4 Å². The maximum Gasteiger partial charge on any atom is 0.253 e. The van der Waals surface area contributed by atoms with Gasteiger partial charge in [-0.2, -0.15) is 0 Å². The van der Waals surface area contributed by atoms with Crippen molar-refractivity contribution >= 4 is 5.91 Å². The molecule has 0 bridgehead atoms. The highest BCUT2D eigenvalue weighted by Crippen LogP contribution is 2.27. The second kappa shape index (κ2) is 8.10. The van der Waals surface area contributed by atoms with Crippen LogP contribution < -0.4 is 0 Å². The Hall–Kier alpha value is -2.38. The van der Waals surface area contributed by atoms with Gasteiger partial charge in [0.05, 0.1) is 11.8 Å². The van der Waals surface area contributed by atoms with Crippen LogP contribution in [0.15, 0.2) is 43.1 Å². The van der Waals surface area contributed by atoms with Crippen LogP contribution in [0, 0.1) is 5.92 Å². The molecule has 0 aliphatic carbocycles. The average Bonchev–Trinajstić information content (AvgIpc) is 3.09. The zero-order valence-electron chi connectivity index (χ0n) is 15.3. The first-order chi connectivity index (χ1) is 13.2. The molecule has 4 heterocycles. The fourth-order valence-electron chi connectivity index (χ4n) is 4.20. The molecule has 7 heteroatoms. The number of aromatic nitrogens is 3. The molecule has 2 atom stereocenters. The molecule has 0 radical (unpaired) electrons. The van der Waals surface area contributed by atoms with Crippen molar-refractivity contribution in [3.8, 4) is 0 Å². The average molecular weight is 367 g/mol. The number of aliphatic hydroxyl groups excluding tert-OH is 1. The van der Waals surface area contributed by atoms with Gasteiger partial charge in [-0.25, -0.2) is 0 Å². The summed E-state index contributed by atoms with van der Waals surface area (Å²) in [4.78, 5) is 29.3. The lowest BCUT2D eigenvalue weighted by Gasteiger charge is -2.36. The van der Waals surface area contributed by atoms with E-state index in [1.807, 2.05) is 4.90 Å². The summed E-state index contributed by atoms with van der Waals surface area (Å²) >= 11 is 0. The first-order valence-corrected chi connectivity index (χ1v) is 9.57. The molecule has 0 spiro atoms. The largest absolute Gasteiger partial charge is 0.391 e. The number of β-amino-alcohol motifs (C(OH)–C–C–N with tert-alkyl or cyclic N) is 1. The molecular weight excluding hydrogens is 342 g/mol. The summed E-state index contributed by atoms with van der Waals surface area (Å²) in [6, 6.07) is 3.96. The van der Waals surface area contributed by atoms with Crippen molar-refractivity contribution in [1.82, 2.24) is 24.8 Å². The van der Waals surface area contributed by atoms with E-state index in [1.54, 1.807) is 43.1 Å². The van der Waals surface area contributed by atoms with E-state index in [1.165, 1.54) is 0 Å². The van der Waals surface area contributed by atoms with Crippen molar-refractivity contribution in [1.29, 1.82) is 0 Å². The summed E-state index contributed by atoms with van der Waals surface area (Å²) in [5, 5.41) is 10.5. The minimum atomic E-state index is -0.330. The molecule has 1 amide bonds. The van der Waals surface area contributed by atoms with E-state index in [-0.39, 0.29) is 17.9 Å². The molecule has 142 valence electrons. The van der Waals surface area contributed by atoms with Crippen molar-refractivity contribution in [2.75, 3.05) is 26.2 Å². The van der Waals surface area contributed by atoms with E-state index in [0.717, 1.165) is 44.6 Å². The molecule has 27 heavy (non-hydrogen) atoms. The molecule has 2 aliphatic heterocycles. The number of carbonyl (C=O) groups is 1. The molecule has 2 aliphatic rings. The second-order valence-electron chi connectivity index (χ2n) is 7.44. The highest BCUT2D eigenvalue weighted by molar-refractivity contribution is 5.94. The number of hydrogen-bond acceptors (Lipinski definition) is 6. The molecule has 2 aromatic rings. The summed E-state index contributed by atoms with van der Waals surface area (Å²) in [7, 11) is 0. The lowest BCUT2D eigenvalue weighted by Crippen LogP contribution is -2.46. The highest BCUT2D eigenvalue weighted by Gasteiger charge is 2.37. The fraction of sp³-hybridized carbons (Fsp3) is 0.500. The second-order valence-corrected chi connectivity index (χ2v) is 7.44. The SMILES string of the molecule is O=C(c1ccncc1)N1CCC(N2C[C@@H](Cc3cnccn3)[C@H](O)C2)CC1. The van der Waals surface area contributed by atoms with Gasteiger partial charge in [0.15, 0.2) is 0 Å². The fourth-order valence-corrected chi connectivity index (χ4v) is 4.20. The number of rotatable bonds is 4. The van der Waals surface area contributed by atoms with Gasteiger partial charge in [0.1, 0.15) is 0 Å². The summed E-state index contributed by atoms with van der Waals surface area (Å²) in [6.45, 7) is 3.09. The molecule has 0 aromatic carbocycles. The lowest BCUT2D eigenvalue weighted by molar-refractivity contribution is 0.0627. The van der Waals surface area contributed by atoms with Gasteiger partial charge in [-0.1, -0.05) is 0 Å². The predicted molar refractivity (Wildman–Crippen MR) is 100.0 cm³/mol. The van der Waals surface area contributed by atoms with Crippen LogP contribution >= 0.6 is 0 Å². The first-order valence-electron chi connectivity index (χ1n) is 9.57. The standard InChI is InChI=1S/C20H25N5O2/c26-19-14-25(13-16(19)11-17-12-22-7-8-23-17)18-3-9-24(10-4-18)20(27)15-1-5-21-6-2-15/h1-2,5-8,12,16,18-19,26H,3-4,9-11,13-14H2/t16-,19-/m1/s1. The molecule has 0 saturated carbocycles. The zero-order valence-corrected chi connectivity index (χ0v) is 15.3. The van der Waals surface area contributed by atoms with E-state index in [2.05, 4.69) is 19.9 Å². The molecular formula is C20H25N5O2. The molecule has 2 saturated heterocycles. The number of piperidine rings is 1. The van der Waals surface area contributed by atoms with Crippen molar-refractivity contribution in [3.05, 3.63) is 54.4 Å². The van der Waals surface area contributed by atoms with Crippen molar-refractivity contribution in [3.63, 3.8) is 0 Å². The van der Waals surface area contributed by atoms with Gasteiger partial charge in [-0.05, 0) is 31.4 Å². The minimum Gasteiger partial charge on any atom is -0.391 e. The number of hydrogen-bond donors (Lipinski definition) is 1. The van der Waals surface area contributed by atoms with Crippen LogP contribution in [0.3, 0.4) is 0 Å². The van der Waals surface area contributed by atoms with E-state index in [4.69, 9.17) is 0 Å². The summed E-state index contributed by atoms with van der Waals surface area (Å²) in [5.41, 5.74) is 1.63. The van der Waals surface area contributed by atoms with E-state index >= 15 is 0 Å². The number of amides is 1. The van der Waals surface area contributed by atoms with Crippen LogP contribution in [-0.4, -0.2) is 74.1 Å². The van der Waals surface area contributed by atoms with E-state index in [9.17, 15) is 9.90 Å². The molecule has 0 unspecified atom stereocenters. The lowest BCUT2D eigenvalue weighted by atomic mass is 10.00. The third-order valence-corrected chi connectivity index (χ3v) is 5.72. The van der Waals surface area contributed by atoms with Crippen LogP contribution in [-0.2, 0) is 6.42 Å². The third kappa shape index (κ3) is 4.14. The van der Waals surface area contributed by atoms with Gasteiger partial charge in [-0.15, -0.1) is 0 Å². The number of carbonyl (C=O) groups excluding carboxylic acids is 1. The van der Waals surface area contributed by atoms with E-state index < -0.39 is 0 Å². The van der Waals surface area contributed by atoms with Gasteiger partial charge in [0.2, 0.25) is 0 Å². The monoisotopic (exact) mass is 367 g/mol. The molecule has 2 aromatic heterocycles. The Morgan fingerprint density at radius 2 is 1.85 bits per heavy atom. The normalized spacial score (nSPS) is 24.3. The summed E-state index contributed by atoms with van der Waals surface area (Å²) < 4.78 is 0. The van der Waals surface area contributed by atoms with Gasteiger partial charge >= 0.3 is 0 Å². The van der Waals surface area contributed by atoms with Crippen molar-refractivity contribution < 1.29 is 9.90 Å². The Balaban J connectivity index is 1.30. The minimum absolute atomic E-state index is 0.0813. The Labute approximate surface area is 159 Å². The number of aliphatic hydroxyl groups is 1. The van der Waals surface area contributed by atoms with Gasteiger partial charge < -0.3 is 10.0 Å². The van der Waals surface area contributed by atoms with Crippen LogP contribution in [0.4, 0.5) is 0 Å². The Morgan fingerprint density at radius 1 is 1.07 bits per heavy atom. The van der Waals surface area contributed by atoms with Gasteiger partial charge in [0.25, 0.3) is 5.91 Å². The van der Waals surface area contributed by atoms with Crippen LogP contribution in [0.1, 0.15) is 28.9 Å².